The molecule has 0 saturated carbocycles. The average Bonchev–Trinajstić information content (AvgIpc) is 2.68. The fourth-order valence-corrected chi connectivity index (χ4v) is 3.65. The number of benzene rings is 1. The molecule has 1 fully saturated rings. The van der Waals surface area contributed by atoms with E-state index in [-0.39, 0.29) is 5.72 Å². The van der Waals surface area contributed by atoms with Crippen LogP contribution in [0.1, 0.15) is 36.5 Å². The van der Waals surface area contributed by atoms with E-state index in [1.54, 1.807) is 12.3 Å². The summed E-state index contributed by atoms with van der Waals surface area (Å²) in [6.45, 7) is 7.92. The molecular formula is C22H24N4O2. The standard InChI is InChI=1S/C22H24N4O2/c1-15-11-21(25-16-5-6-17(14-27)23-13-16)19-12-18(7-8-20(19)24-15)26-9-4-10-28-22(26,2)3/h5-8,11-14H,4,9-10H2,1-3H3,(H,24,25). The predicted octanol–water partition coefficient (Wildman–Crippen LogP) is 4.46. The van der Waals surface area contributed by atoms with Gasteiger partial charge in [0.1, 0.15) is 11.4 Å². The lowest BCUT2D eigenvalue weighted by atomic mass is 10.1. The summed E-state index contributed by atoms with van der Waals surface area (Å²) >= 11 is 0. The fraction of sp³-hybridized carbons (Fsp3) is 0.318. The number of aldehydes is 1. The lowest BCUT2D eigenvalue weighted by molar-refractivity contribution is -0.0418. The zero-order valence-corrected chi connectivity index (χ0v) is 16.4. The van der Waals surface area contributed by atoms with Crippen LogP contribution in [0.15, 0.2) is 42.6 Å². The Morgan fingerprint density at radius 1 is 1.21 bits per heavy atom. The second kappa shape index (κ2) is 7.20. The highest BCUT2D eigenvalue weighted by molar-refractivity contribution is 5.95. The molecule has 0 spiro atoms. The number of nitrogens with one attached hydrogen (secondary N) is 1. The molecule has 1 aliphatic heterocycles. The number of anilines is 3. The number of rotatable bonds is 4. The maximum Gasteiger partial charge on any atom is 0.168 e. The molecule has 6 nitrogen and oxygen atoms in total. The molecule has 1 N–H and O–H groups in total. The number of nitrogens with zero attached hydrogens (tertiary/aromatic N) is 3. The van der Waals surface area contributed by atoms with Gasteiger partial charge >= 0.3 is 0 Å². The first kappa shape index (κ1) is 18.4. The lowest BCUT2D eigenvalue weighted by Gasteiger charge is -2.43. The number of aromatic nitrogens is 2. The molecule has 0 aliphatic carbocycles. The third kappa shape index (κ3) is 3.55. The Bertz CT molecular complexity index is 1010. The van der Waals surface area contributed by atoms with Gasteiger partial charge in [0.2, 0.25) is 0 Å². The van der Waals surface area contributed by atoms with Crippen molar-refractivity contribution in [3.8, 4) is 0 Å². The van der Waals surface area contributed by atoms with Crippen LogP contribution in [0.2, 0.25) is 0 Å². The number of pyridine rings is 2. The van der Waals surface area contributed by atoms with Crippen LogP contribution in [0.5, 0.6) is 0 Å². The molecule has 2 aromatic heterocycles. The molecule has 0 unspecified atom stereocenters. The van der Waals surface area contributed by atoms with E-state index >= 15 is 0 Å². The summed E-state index contributed by atoms with van der Waals surface area (Å²) in [5.41, 5.74) is 4.83. The maximum absolute atomic E-state index is 10.8. The highest BCUT2D eigenvalue weighted by atomic mass is 16.5. The lowest BCUT2D eigenvalue weighted by Crippen LogP contribution is -2.50. The van der Waals surface area contributed by atoms with Crippen molar-refractivity contribution in [1.82, 2.24) is 9.97 Å². The summed E-state index contributed by atoms with van der Waals surface area (Å²) in [5.74, 6) is 0. The molecule has 0 radical (unpaired) electrons. The second-order valence-corrected chi connectivity index (χ2v) is 7.53. The Kier molecular flexibility index (Phi) is 4.73. The van der Waals surface area contributed by atoms with Crippen LogP contribution >= 0.6 is 0 Å². The third-order valence-electron chi connectivity index (χ3n) is 5.05. The first-order valence-corrected chi connectivity index (χ1v) is 9.47. The topological polar surface area (TPSA) is 67.4 Å². The predicted molar refractivity (Wildman–Crippen MR) is 111 cm³/mol. The smallest absolute Gasteiger partial charge is 0.168 e. The molecule has 144 valence electrons. The molecule has 4 rings (SSSR count). The largest absolute Gasteiger partial charge is 0.356 e. The van der Waals surface area contributed by atoms with Crippen LogP contribution in [0, 0.1) is 6.92 Å². The van der Waals surface area contributed by atoms with Gasteiger partial charge in [0, 0.05) is 29.0 Å². The molecule has 3 aromatic rings. The zero-order chi connectivity index (χ0) is 19.7. The van der Waals surface area contributed by atoms with Gasteiger partial charge in [-0.3, -0.25) is 14.8 Å². The first-order chi connectivity index (χ1) is 13.5. The van der Waals surface area contributed by atoms with E-state index in [0.29, 0.717) is 5.69 Å². The summed E-state index contributed by atoms with van der Waals surface area (Å²) in [5, 5.41) is 4.45. The van der Waals surface area contributed by atoms with Gasteiger partial charge in [0.05, 0.1) is 24.0 Å². The summed E-state index contributed by atoms with van der Waals surface area (Å²) < 4.78 is 5.97. The van der Waals surface area contributed by atoms with Gasteiger partial charge in [0.15, 0.2) is 6.29 Å². The Labute approximate surface area is 164 Å². The third-order valence-corrected chi connectivity index (χ3v) is 5.05. The highest BCUT2D eigenvalue weighted by Gasteiger charge is 2.31. The van der Waals surface area contributed by atoms with E-state index in [9.17, 15) is 4.79 Å². The molecule has 1 saturated heterocycles. The van der Waals surface area contributed by atoms with Crippen molar-refractivity contribution >= 4 is 34.3 Å². The highest BCUT2D eigenvalue weighted by Crippen LogP contribution is 2.34. The van der Waals surface area contributed by atoms with Gasteiger partial charge in [-0.05, 0) is 63.6 Å². The Morgan fingerprint density at radius 2 is 2.07 bits per heavy atom. The van der Waals surface area contributed by atoms with Crippen molar-refractivity contribution < 1.29 is 9.53 Å². The van der Waals surface area contributed by atoms with Crippen LogP contribution < -0.4 is 10.2 Å². The van der Waals surface area contributed by atoms with Crippen molar-refractivity contribution in [2.45, 2.75) is 32.9 Å². The minimum atomic E-state index is -0.341. The van der Waals surface area contributed by atoms with E-state index in [2.05, 4.69) is 52.2 Å². The number of hydrogen-bond donors (Lipinski definition) is 1. The van der Waals surface area contributed by atoms with Crippen LogP contribution in [0.25, 0.3) is 10.9 Å². The number of aryl methyl sites for hydroxylation is 1. The molecule has 0 amide bonds. The van der Waals surface area contributed by atoms with Gasteiger partial charge < -0.3 is 15.0 Å². The SMILES string of the molecule is Cc1cc(Nc2ccc(C=O)nc2)c2cc(N3CCCOC3(C)C)ccc2n1. The normalized spacial score (nSPS) is 16.2. The Hall–Kier alpha value is -2.99. The van der Waals surface area contributed by atoms with Gasteiger partial charge in [0.25, 0.3) is 0 Å². The number of carbonyl (C=O) groups excluding carboxylic acids is 1. The molecular weight excluding hydrogens is 352 g/mol. The van der Waals surface area contributed by atoms with Gasteiger partial charge in [-0.2, -0.15) is 0 Å². The quantitative estimate of drug-likeness (QED) is 0.678. The summed E-state index contributed by atoms with van der Waals surface area (Å²) in [6.07, 6.45) is 3.41. The number of ether oxygens (including phenoxy) is 1. The minimum Gasteiger partial charge on any atom is -0.356 e. The fourth-order valence-electron chi connectivity index (χ4n) is 3.65. The Balaban J connectivity index is 1.75. The number of carbonyl (C=O) groups is 1. The van der Waals surface area contributed by atoms with Gasteiger partial charge in [-0.15, -0.1) is 0 Å². The molecule has 6 heteroatoms. The van der Waals surface area contributed by atoms with Crippen LogP contribution in [0.4, 0.5) is 17.1 Å². The summed E-state index contributed by atoms with van der Waals surface area (Å²) in [4.78, 5) is 21.9. The van der Waals surface area contributed by atoms with E-state index in [1.807, 2.05) is 19.1 Å². The zero-order valence-electron chi connectivity index (χ0n) is 16.4. The molecule has 0 atom stereocenters. The minimum absolute atomic E-state index is 0.341. The monoisotopic (exact) mass is 376 g/mol. The molecule has 1 aliphatic rings. The van der Waals surface area contributed by atoms with Crippen molar-refractivity contribution in [2.75, 3.05) is 23.4 Å². The van der Waals surface area contributed by atoms with Crippen LogP contribution in [0.3, 0.4) is 0 Å². The van der Waals surface area contributed by atoms with E-state index in [1.165, 1.54) is 0 Å². The molecule has 3 heterocycles. The number of fused-ring (bicyclic) bond motifs is 1. The van der Waals surface area contributed by atoms with Crippen LogP contribution in [-0.4, -0.2) is 35.1 Å². The number of hydrogen-bond acceptors (Lipinski definition) is 6. The van der Waals surface area contributed by atoms with E-state index in [4.69, 9.17) is 4.74 Å². The van der Waals surface area contributed by atoms with Gasteiger partial charge in [-0.25, -0.2) is 0 Å². The molecule has 0 bridgehead atoms. The van der Waals surface area contributed by atoms with E-state index < -0.39 is 0 Å². The van der Waals surface area contributed by atoms with Crippen molar-refractivity contribution in [2.24, 2.45) is 0 Å². The van der Waals surface area contributed by atoms with Gasteiger partial charge in [-0.1, -0.05) is 0 Å². The van der Waals surface area contributed by atoms with E-state index in [0.717, 1.165) is 59.5 Å². The first-order valence-electron chi connectivity index (χ1n) is 9.47. The molecule has 1 aromatic carbocycles. The van der Waals surface area contributed by atoms with Crippen molar-refractivity contribution in [3.63, 3.8) is 0 Å². The van der Waals surface area contributed by atoms with Crippen molar-refractivity contribution in [1.29, 1.82) is 0 Å². The summed E-state index contributed by atoms with van der Waals surface area (Å²) in [6, 6.07) is 11.9. The van der Waals surface area contributed by atoms with Crippen molar-refractivity contribution in [3.05, 3.63) is 54.0 Å². The van der Waals surface area contributed by atoms with Crippen LogP contribution in [-0.2, 0) is 4.74 Å². The Morgan fingerprint density at radius 3 is 2.79 bits per heavy atom. The summed E-state index contributed by atoms with van der Waals surface area (Å²) in [7, 11) is 0. The second-order valence-electron chi connectivity index (χ2n) is 7.53. The maximum atomic E-state index is 10.8. The average molecular weight is 376 g/mol. The molecule has 28 heavy (non-hydrogen) atoms.